The van der Waals surface area contributed by atoms with Gasteiger partial charge in [-0.1, -0.05) is 24.3 Å². The topological polar surface area (TPSA) is 42.0 Å². The van der Waals surface area contributed by atoms with Crippen molar-refractivity contribution in [1.29, 1.82) is 0 Å². The highest BCUT2D eigenvalue weighted by atomic mass is 32.1. The van der Waals surface area contributed by atoms with Gasteiger partial charge in [0.25, 0.3) is 0 Å². The number of aromatic nitrogens is 1. The molecule has 0 aliphatic rings. The summed E-state index contributed by atoms with van der Waals surface area (Å²) in [5.41, 5.74) is 2.22. The molecule has 1 aromatic heterocycles. The van der Waals surface area contributed by atoms with Gasteiger partial charge in [-0.2, -0.15) is 0 Å². The first-order chi connectivity index (χ1) is 8.25. The molecule has 0 unspecified atom stereocenters. The van der Waals surface area contributed by atoms with E-state index in [0.717, 1.165) is 16.1 Å². The van der Waals surface area contributed by atoms with Gasteiger partial charge in [0.05, 0.1) is 13.0 Å². The largest absolute Gasteiger partial charge is 0.349 e. The Bertz CT molecular complexity index is 494. The summed E-state index contributed by atoms with van der Waals surface area (Å²) >= 11 is 1.55. The molecule has 0 bridgehead atoms. The van der Waals surface area contributed by atoms with Crippen LogP contribution in [0.25, 0.3) is 0 Å². The lowest BCUT2D eigenvalue weighted by atomic mass is 10.1. The Labute approximate surface area is 105 Å². The van der Waals surface area contributed by atoms with Gasteiger partial charge < -0.3 is 5.32 Å². The van der Waals surface area contributed by atoms with E-state index >= 15 is 0 Å². The molecule has 0 fully saturated rings. The molecule has 0 atom stereocenters. The fourth-order valence-corrected chi connectivity index (χ4v) is 2.11. The zero-order chi connectivity index (χ0) is 12.1. The fraction of sp³-hybridized carbons (Fsp3) is 0.231. The molecular weight excluding hydrogens is 232 g/mol. The Morgan fingerprint density at radius 3 is 2.94 bits per heavy atom. The molecule has 2 rings (SSSR count). The lowest BCUT2D eigenvalue weighted by Gasteiger charge is -2.05. The summed E-state index contributed by atoms with van der Waals surface area (Å²) in [6, 6.07) is 7.94. The van der Waals surface area contributed by atoms with Crippen LogP contribution in [0.3, 0.4) is 0 Å². The summed E-state index contributed by atoms with van der Waals surface area (Å²) in [4.78, 5) is 15.8. The molecule has 1 heterocycles. The van der Waals surface area contributed by atoms with Crippen LogP contribution in [-0.2, 0) is 17.8 Å². The van der Waals surface area contributed by atoms with Crippen molar-refractivity contribution in [1.82, 2.24) is 10.3 Å². The van der Waals surface area contributed by atoms with Crippen LogP contribution in [0.4, 0.5) is 0 Å². The van der Waals surface area contributed by atoms with E-state index in [2.05, 4.69) is 10.3 Å². The molecule has 2 aromatic rings. The number of aryl methyl sites for hydroxylation is 1. The summed E-state index contributed by atoms with van der Waals surface area (Å²) in [5, 5.41) is 5.71. The molecule has 17 heavy (non-hydrogen) atoms. The van der Waals surface area contributed by atoms with Gasteiger partial charge in [-0.15, -0.1) is 11.3 Å². The summed E-state index contributed by atoms with van der Waals surface area (Å²) in [5.74, 6) is 0.0366. The standard InChI is InChI=1S/C13H14N2OS/c1-10-4-2-3-5-11(10)8-12(16)15-9-13-14-6-7-17-13/h2-7H,8-9H2,1H3,(H,15,16). The molecule has 1 amide bonds. The van der Waals surface area contributed by atoms with E-state index < -0.39 is 0 Å². The number of amides is 1. The van der Waals surface area contributed by atoms with Crippen molar-refractivity contribution in [2.75, 3.05) is 0 Å². The maximum atomic E-state index is 11.7. The van der Waals surface area contributed by atoms with Gasteiger partial charge in [0.15, 0.2) is 0 Å². The van der Waals surface area contributed by atoms with Crippen LogP contribution in [0, 0.1) is 6.92 Å². The average Bonchev–Trinajstić information content (AvgIpc) is 2.82. The molecule has 1 aromatic carbocycles. The number of carbonyl (C=O) groups excluding carboxylic acids is 1. The number of carbonyl (C=O) groups is 1. The van der Waals surface area contributed by atoms with Crippen molar-refractivity contribution in [2.45, 2.75) is 19.9 Å². The second-order valence-electron chi connectivity index (χ2n) is 3.81. The molecule has 1 N–H and O–H groups in total. The highest BCUT2D eigenvalue weighted by Gasteiger charge is 2.05. The molecule has 0 radical (unpaired) electrons. The van der Waals surface area contributed by atoms with Crippen molar-refractivity contribution in [3.05, 3.63) is 52.0 Å². The summed E-state index contributed by atoms with van der Waals surface area (Å²) in [7, 11) is 0. The molecule has 0 aliphatic carbocycles. The van der Waals surface area contributed by atoms with Gasteiger partial charge >= 0.3 is 0 Å². The van der Waals surface area contributed by atoms with Crippen LogP contribution >= 0.6 is 11.3 Å². The Morgan fingerprint density at radius 1 is 1.41 bits per heavy atom. The van der Waals surface area contributed by atoms with Crippen molar-refractivity contribution >= 4 is 17.2 Å². The van der Waals surface area contributed by atoms with Crippen molar-refractivity contribution in [2.24, 2.45) is 0 Å². The Balaban J connectivity index is 1.87. The number of rotatable bonds is 4. The monoisotopic (exact) mass is 246 g/mol. The van der Waals surface area contributed by atoms with Gasteiger partial charge in [-0.3, -0.25) is 4.79 Å². The van der Waals surface area contributed by atoms with Crippen LogP contribution in [0.2, 0.25) is 0 Å². The first-order valence-corrected chi connectivity index (χ1v) is 6.33. The number of benzene rings is 1. The van der Waals surface area contributed by atoms with Gasteiger partial charge in [0, 0.05) is 11.6 Å². The zero-order valence-electron chi connectivity index (χ0n) is 9.64. The SMILES string of the molecule is Cc1ccccc1CC(=O)NCc1nccs1. The minimum absolute atomic E-state index is 0.0366. The van der Waals surface area contributed by atoms with Crippen molar-refractivity contribution in [3.8, 4) is 0 Å². The Morgan fingerprint density at radius 2 is 2.24 bits per heavy atom. The molecule has 4 heteroatoms. The van der Waals surface area contributed by atoms with Crippen LogP contribution in [-0.4, -0.2) is 10.9 Å². The summed E-state index contributed by atoms with van der Waals surface area (Å²) in [6.07, 6.45) is 2.17. The second-order valence-corrected chi connectivity index (χ2v) is 4.78. The minimum Gasteiger partial charge on any atom is -0.349 e. The Hall–Kier alpha value is -1.68. The van der Waals surface area contributed by atoms with E-state index in [1.165, 1.54) is 0 Å². The molecule has 3 nitrogen and oxygen atoms in total. The van der Waals surface area contributed by atoms with E-state index in [4.69, 9.17) is 0 Å². The number of nitrogens with zero attached hydrogens (tertiary/aromatic N) is 1. The van der Waals surface area contributed by atoms with Crippen LogP contribution in [0.1, 0.15) is 16.1 Å². The van der Waals surface area contributed by atoms with Crippen LogP contribution in [0.5, 0.6) is 0 Å². The first kappa shape index (κ1) is 11.8. The number of hydrogen-bond donors (Lipinski definition) is 1. The van der Waals surface area contributed by atoms with E-state index in [0.29, 0.717) is 13.0 Å². The van der Waals surface area contributed by atoms with E-state index in [1.807, 2.05) is 36.6 Å². The molecule has 0 spiro atoms. The third-order valence-corrected chi connectivity index (χ3v) is 3.31. The van der Waals surface area contributed by atoms with Crippen molar-refractivity contribution < 1.29 is 4.79 Å². The smallest absolute Gasteiger partial charge is 0.224 e. The predicted octanol–water partition coefficient (Wildman–Crippen LogP) is 2.31. The Kier molecular flexibility index (Phi) is 3.88. The van der Waals surface area contributed by atoms with E-state index in [-0.39, 0.29) is 5.91 Å². The van der Waals surface area contributed by atoms with Gasteiger partial charge in [-0.25, -0.2) is 4.98 Å². The fourth-order valence-electron chi connectivity index (χ4n) is 1.56. The maximum absolute atomic E-state index is 11.7. The zero-order valence-corrected chi connectivity index (χ0v) is 10.5. The average molecular weight is 246 g/mol. The molecular formula is C13H14N2OS. The summed E-state index contributed by atoms with van der Waals surface area (Å²) < 4.78 is 0. The second kappa shape index (κ2) is 5.59. The van der Waals surface area contributed by atoms with Crippen molar-refractivity contribution in [3.63, 3.8) is 0 Å². The quantitative estimate of drug-likeness (QED) is 0.899. The number of hydrogen-bond acceptors (Lipinski definition) is 3. The summed E-state index contributed by atoms with van der Waals surface area (Å²) in [6.45, 7) is 2.53. The van der Waals surface area contributed by atoms with E-state index in [1.54, 1.807) is 17.5 Å². The lowest BCUT2D eigenvalue weighted by Crippen LogP contribution is -2.24. The molecule has 0 saturated heterocycles. The normalized spacial score (nSPS) is 10.2. The maximum Gasteiger partial charge on any atom is 0.224 e. The van der Waals surface area contributed by atoms with E-state index in [9.17, 15) is 4.79 Å². The van der Waals surface area contributed by atoms with Crippen LogP contribution < -0.4 is 5.32 Å². The highest BCUT2D eigenvalue weighted by molar-refractivity contribution is 7.09. The first-order valence-electron chi connectivity index (χ1n) is 5.45. The third kappa shape index (κ3) is 3.39. The van der Waals surface area contributed by atoms with Crippen LogP contribution in [0.15, 0.2) is 35.8 Å². The molecule has 0 saturated carbocycles. The number of thiazole rings is 1. The van der Waals surface area contributed by atoms with Gasteiger partial charge in [0.1, 0.15) is 5.01 Å². The van der Waals surface area contributed by atoms with Gasteiger partial charge in [0.2, 0.25) is 5.91 Å². The third-order valence-electron chi connectivity index (χ3n) is 2.53. The highest BCUT2D eigenvalue weighted by Crippen LogP contribution is 2.08. The predicted molar refractivity (Wildman–Crippen MR) is 68.8 cm³/mol. The number of nitrogens with one attached hydrogen (secondary N) is 1. The molecule has 0 aliphatic heterocycles. The van der Waals surface area contributed by atoms with Gasteiger partial charge in [-0.05, 0) is 18.1 Å². The minimum atomic E-state index is 0.0366. The molecule has 88 valence electrons. The lowest BCUT2D eigenvalue weighted by molar-refractivity contribution is -0.120.